The fraction of sp³-hybridized carbons (Fsp3) is 0.462. The van der Waals surface area contributed by atoms with Crippen LogP contribution < -0.4 is 0 Å². The van der Waals surface area contributed by atoms with Crippen LogP contribution in [0.4, 0.5) is 0 Å². The molecule has 2 aromatic rings. The number of aromatic nitrogens is 2. The minimum atomic E-state index is -1.61. The van der Waals surface area contributed by atoms with E-state index < -0.39 is 31.0 Å². The van der Waals surface area contributed by atoms with Crippen LogP contribution in [0.25, 0.3) is 11.0 Å². The molecular formula is C13H16Cl2N2O5. The number of hydrogen-bond acceptors (Lipinski definition) is 6. The number of benzene rings is 1. The molecule has 0 radical (unpaired) electrons. The van der Waals surface area contributed by atoms with Gasteiger partial charge in [0.05, 0.1) is 27.7 Å². The Labute approximate surface area is 136 Å². The molecular weight excluding hydrogens is 335 g/mol. The summed E-state index contributed by atoms with van der Waals surface area (Å²) in [6.07, 6.45) is -5.64. The molecule has 0 aliphatic carbocycles. The summed E-state index contributed by atoms with van der Waals surface area (Å²) in [6, 6.07) is 3.05. The first kappa shape index (κ1) is 17.4. The lowest BCUT2D eigenvalue weighted by atomic mass is 10.0. The molecule has 1 aromatic carbocycles. The van der Waals surface area contributed by atoms with Gasteiger partial charge in [0.2, 0.25) is 0 Å². The van der Waals surface area contributed by atoms with Crippen LogP contribution in [0.1, 0.15) is 11.9 Å². The molecule has 0 fully saturated rings. The third-order valence-electron chi connectivity index (χ3n) is 3.36. The van der Waals surface area contributed by atoms with Crippen molar-refractivity contribution in [3.8, 4) is 0 Å². The third kappa shape index (κ3) is 3.36. The molecule has 122 valence electrons. The van der Waals surface area contributed by atoms with Crippen molar-refractivity contribution in [1.82, 2.24) is 9.97 Å². The van der Waals surface area contributed by atoms with Crippen LogP contribution in [0, 0.1) is 0 Å². The number of ether oxygens (including phenoxy) is 1. The van der Waals surface area contributed by atoms with E-state index in [-0.39, 0.29) is 5.82 Å². The summed E-state index contributed by atoms with van der Waals surface area (Å²) < 4.78 is 4.82. The van der Waals surface area contributed by atoms with Gasteiger partial charge in [-0.15, -0.1) is 0 Å². The number of nitrogens with one attached hydrogen (secondary N) is 1. The average molecular weight is 351 g/mol. The van der Waals surface area contributed by atoms with Crippen molar-refractivity contribution in [3.63, 3.8) is 0 Å². The quantitative estimate of drug-likeness (QED) is 0.521. The van der Waals surface area contributed by atoms with Crippen molar-refractivity contribution in [2.75, 3.05) is 13.7 Å². The van der Waals surface area contributed by atoms with Crippen molar-refractivity contribution in [2.24, 2.45) is 0 Å². The maximum absolute atomic E-state index is 10.1. The summed E-state index contributed by atoms with van der Waals surface area (Å²) in [4.78, 5) is 6.90. The molecule has 3 unspecified atom stereocenters. The Bertz CT molecular complexity index is 608. The highest BCUT2D eigenvalue weighted by molar-refractivity contribution is 6.42. The molecule has 0 amide bonds. The Morgan fingerprint density at radius 3 is 2.41 bits per heavy atom. The molecule has 1 aromatic heterocycles. The van der Waals surface area contributed by atoms with Crippen molar-refractivity contribution in [2.45, 2.75) is 24.4 Å². The first-order valence-corrected chi connectivity index (χ1v) is 7.17. The minimum absolute atomic E-state index is 0.0349. The zero-order valence-corrected chi connectivity index (χ0v) is 13.1. The number of H-pyrrole nitrogens is 1. The number of rotatable bonds is 6. The maximum atomic E-state index is 10.1. The number of aliphatic hydroxyl groups excluding tert-OH is 4. The van der Waals surface area contributed by atoms with Gasteiger partial charge in [-0.25, -0.2) is 4.98 Å². The predicted octanol–water partition coefficient (Wildman–Crippen LogP) is 0.632. The molecule has 0 spiro atoms. The largest absolute Gasteiger partial charge is 0.394 e. The van der Waals surface area contributed by atoms with Gasteiger partial charge in [-0.2, -0.15) is 0 Å². The highest BCUT2D eigenvalue weighted by Crippen LogP contribution is 2.28. The van der Waals surface area contributed by atoms with E-state index in [4.69, 9.17) is 33.0 Å². The maximum Gasteiger partial charge on any atom is 0.140 e. The van der Waals surface area contributed by atoms with Gasteiger partial charge in [-0.1, -0.05) is 23.2 Å². The van der Waals surface area contributed by atoms with Gasteiger partial charge in [0.25, 0.3) is 0 Å². The van der Waals surface area contributed by atoms with Crippen LogP contribution in [-0.2, 0) is 4.74 Å². The molecule has 0 saturated heterocycles. The van der Waals surface area contributed by atoms with Gasteiger partial charge in [-0.3, -0.25) is 0 Å². The molecule has 0 saturated carbocycles. The molecule has 1 heterocycles. The van der Waals surface area contributed by atoms with Gasteiger partial charge in [0.15, 0.2) is 0 Å². The van der Waals surface area contributed by atoms with E-state index in [1.807, 2.05) is 0 Å². The lowest BCUT2D eigenvalue weighted by molar-refractivity contribution is -0.127. The van der Waals surface area contributed by atoms with E-state index in [0.717, 1.165) is 0 Å². The van der Waals surface area contributed by atoms with Gasteiger partial charge in [-0.05, 0) is 12.1 Å². The average Bonchev–Trinajstić information content (AvgIpc) is 2.90. The highest BCUT2D eigenvalue weighted by Gasteiger charge is 2.33. The van der Waals surface area contributed by atoms with E-state index in [2.05, 4.69) is 9.97 Å². The van der Waals surface area contributed by atoms with Gasteiger partial charge < -0.3 is 30.1 Å². The van der Waals surface area contributed by atoms with Crippen molar-refractivity contribution >= 4 is 34.2 Å². The number of imidazole rings is 1. The van der Waals surface area contributed by atoms with Crippen molar-refractivity contribution < 1.29 is 25.2 Å². The number of fused-ring (bicyclic) bond motifs is 1. The lowest BCUT2D eigenvalue weighted by Gasteiger charge is -2.26. The zero-order valence-electron chi connectivity index (χ0n) is 11.6. The fourth-order valence-corrected chi connectivity index (χ4v) is 2.38. The Morgan fingerprint density at radius 1 is 1.18 bits per heavy atom. The minimum Gasteiger partial charge on any atom is -0.394 e. The number of aromatic amines is 1. The number of halogens is 2. The SMILES string of the molecule is COC(CO)[C@@H](O)C(O)C(O)c1nc2cc(Cl)c(Cl)cc2[nH]1. The van der Waals surface area contributed by atoms with E-state index in [1.54, 1.807) is 0 Å². The first-order chi connectivity index (χ1) is 10.4. The third-order valence-corrected chi connectivity index (χ3v) is 4.08. The Morgan fingerprint density at radius 2 is 1.82 bits per heavy atom. The van der Waals surface area contributed by atoms with Gasteiger partial charge in [0.1, 0.15) is 30.2 Å². The summed E-state index contributed by atoms with van der Waals surface area (Å²) >= 11 is 11.8. The predicted molar refractivity (Wildman–Crippen MR) is 81.0 cm³/mol. The van der Waals surface area contributed by atoms with Crippen LogP contribution in [0.2, 0.25) is 10.0 Å². The number of nitrogens with zero attached hydrogens (tertiary/aromatic N) is 1. The first-order valence-electron chi connectivity index (χ1n) is 6.41. The topological polar surface area (TPSA) is 119 Å². The number of aliphatic hydroxyl groups is 4. The molecule has 7 nitrogen and oxygen atoms in total. The summed E-state index contributed by atoms with van der Waals surface area (Å²) in [6.45, 7) is -0.507. The summed E-state index contributed by atoms with van der Waals surface area (Å²) in [5.74, 6) is 0.0349. The summed E-state index contributed by atoms with van der Waals surface area (Å²) in [7, 11) is 1.27. The second-order valence-electron chi connectivity index (χ2n) is 4.79. The zero-order chi connectivity index (χ0) is 16.4. The van der Waals surface area contributed by atoms with E-state index >= 15 is 0 Å². The molecule has 9 heteroatoms. The molecule has 2 rings (SSSR count). The highest BCUT2D eigenvalue weighted by atomic mass is 35.5. The van der Waals surface area contributed by atoms with Crippen molar-refractivity contribution in [1.29, 1.82) is 0 Å². The lowest BCUT2D eigenvalue weighted by Crippen LogP contribution is -2.43. The Balaban J connectivity index is 2.27. The molecule has 5 N–H and O–H groups in total. The van der Waals surface area contributed by atoms with E-state index in [1.165, 1.54) is 19.2 Å². The van der Waals surface area contributed by atoms with Crippen LogP contribution >= 0.6 is 23.2 Å². The molecule has 0 aliphatic heterocycles. The standard InChI is InChI=1S/C13H16Cl2N2O5/c1-22-9(4-18)10(19)11(20)12(21)13-16-7-2-5(14)6(15)3-8(7)17-13/h2-3,9-12,18-21H,4H2,1H3,(H,16,17)/t9?,10-,11?,12?/m1/s1. The monoisotopic (exact) mass is 350 g/mol. The van der Waals surface area contributed by atoms with Crippen LogP contribution in [0.15, 0.2) is 12.1 Å². The van der Waals surface area contributed by atoms with Gasteiger partial charge in [0, 0.05) is 7.11 Å². The van der Waals surface area contributed by atoms with E-state index in [9.17, 15) is 15.3 Å². The van der Waals surface area contributed by atoms with Crippen LogP contribution in [0.3, 0.4) is 0 Å². The molecule has 0 bridgehead atoms. The molecule has 0 aliphatic rings. The molecule has 22 heavy (non-hydrogen) atoms. The number of methoxy groups -OCH3 is 1. The second-order valence-corrected chi connectivity index (χ2v) is 5.60. The van der Waals surface area contributed by atoms with E-state index in [0.29, 0.717) is 21.1 Å². The summed E-state index contributed by atoms with van der Waals surface area (Å²) in [5, 5.41) is 39.7. The second kappa shape index (κ2) is 7.10. The molecule has 4 atom stereocenters. The fourth-order valence-electron chi connectivity index (χ4n) is 2.06. The number of hydrogen-bond donors (Lipinski definition) is 5. The smallest absolute Gasteiger partial charge is 0.140 e. The van der Waals surface area contributed by atoms with Crippen LogP contribution in [-0.4, -0.2) is 62.4 Å². The normalized spacial score (nSPS) is 17.4. The Kier molecular flexibility index (Phi) is 5.62. The van der Waals surface area contributed by atoms with Crippen LogP contribution in [0.5, 0.6) is 0 Å². The summed E-state index contributed by atoms with van der Waals surface area (Å²) in [5.41, 5.74) is 0.978. The van der Waals surface area contributed by atoms with Crippen molar-refractivity contribution in [3.05, 3.63) is 28.0 Å². The Hall–Kier alpha value is -0.930. The van der Waals surface area contributed by atoms with Gasteiger partial charge >= 0.3 is 0 Å².